The Morgan fingerprint density at radius 2 is 1.38 bits per heavy atom. The van der Waals surface area contributed by atoms with Crippen LogP contribution in [0.5, 0.6) is 17.2 Å². The summed E-state index contributed by atoms with van der Waals surface area (Å²) in [5.74, 6) is 1.76. The van der Waals surface area contributed by atoms with E-state index in [1.807, 2.05) is 42.5 Å². The minimum atomic E-state index is 0.562. The Labute approximate surface area is 170 Å². The number of aromatic nitrogens is 1. The Kier molecular flexibility index (Phi) is 5.00. The predicted octanol–water partition coefficient (Wildman–Crippen LogP) is 5.85. The van der Waals surface area contributed by atoms with Crippen molar-refractivity contribution in [3.05, 3.63) is 84.9 Å². The number of hydrogen-bond acceptors (Lipinski definition) is 3. The van der Waals surface area contributed by atoms with E-state index in [1.165, 1.54) is 0 Å². The molecule has 0 bridgehead atoms. The van der Waals surface area contributed by atoms with Crippen LogP contribution in [0.2, 0.25) is 0 Å². The highest BCUT2D eigenvalue weighted by molar-refractivity contribution is 5.92. The molecule has 0 aliphatic rings. The molecule has 0 amide bonds. The smallest absolute Gasteiger partial charge is 0.203 e. The van der Waals surface area contributed by atoms with Gasteiger partial charge in [0.25, 0.3) is 0 Å². The predicted molar refractivity (Wildman–Crippen MR) is 118 cm³/mol. The van der Waals surface area contributed by atoms with Crippen LogP contribution in [0.25, 0.3) is 27.9 Å². The highest BCUT2D eigenvalue weighted by Gasteiger charge is 2.18. The second-order valence-corrected chi connectivity index (χ2v) is 6.65. The van der Waals surface area contributed by atoms with Gasteiger partial charge in [0, 0.05) is 16.6 Å². The highest BCUT2D eigenvalue weighted by Crippen LogP contribution is 2.41. The molecule has 0 spiro atoms. The van der Waals surface area contributed by atoms with Gasteiger partial charge >= 0.3 is 0 Å². The zero-order valence-electron chi connectivity index (χ0n) is 16.8. The first-order valence-electron chi connectivity index (χ1n) is 9.33. The first kappa shape index (κ1) is 18.7. The number of benzene rings is 3. The first-order valence-corrected chi connectivity index (χ1v) is 9.33. The third-order valence-corrected chi connectivity index (χ3v) is 5.05. The van der Waals surface area contributed by atoms with Gasteiger partial charge in [-0.1, -0.05) is 55.1 Å². The molecular formula is C25H23NO3. The third-order valence-electron chi connectivity index (χ3n) is 5.05. The molecule has 1 heterocycles. The molecule has 29 heavy (non-hydrogen) atoms. The van der Waals surface area contributed by atoms with Crippen LogP contribution >= 0.6 is 0 Å². The monoisotopic (exact) mass is 385 g/mol. The zero-order chi connectivity index (χ0) is 20.4. The summed E-state index contributed by atoms with van der Waals surface area (Å²) in [5.41, 5.74) is 5.00. The Balaban J connectivity index is 1.95. The van der Waals surface area contributed by atoms with Crippen molar-refractivity contribution in [1.82, 2.24) is 4.57 Å². The van der Waals surface area contributed by atoms with Crippen molar-refractivity contribution < 1.29 is 14.2 Å². The molecule has 0 radical (unpaired) electrons. The SMILES string of the molecule is C=C(c1cc(OC)c(OC)c(OC)c1)n1c(-c2ccccc2)cc2ccccc21. The van der Waals surface area contributed by atoms with Crippen LogP contribution in [0.1, 0.15) is 5.56 Å². The van der Waals surface area contributed by atoms with Crippen LogP contribution in [0.4, 0.5) is 0 Å². The molecule has 4 heteroatoms. The molecule has 3 aromatic carbocycles. The van der Waals surface area contributed by atoms with Crippen LogP contribution in [-0.4, -0.2) is 25.9 Å². The van der Waals surface area contributed by atoms with Gasteiger partial charge in [-0.3, -0.25) is 0 Å². The largest absolute Gasteiger partial charge is 0.493 e. The fourth-order valence-corrected chi connectivity index (χ4v) is 3.64. The van der Waals surface area contributed by atoms with E-state index in [9.17, 15) is 0 Å². The summed E-state index contributed by atoms with van der Waals surface area (Å²) in [4.78, 5) is 0. The lowest BCUT2D eigenvalue weighted by atomic mass is 10.1. The number of nitrogens with zero attached hydrogens (tertiary/aromatic N) is 1. The van der Waals surface area contributed by atoms with Crippen molar-refractivity contribution in [1.29, 1.82) is 0 Å². The summed E-state index contributed by atoms with van der Waals surface area (Å²) in [7, 11) is 4.83. The first-order chi connectivity index (χ1) is 14.2. The number of para-hydroxylation sites is 1. The van der Waals surface area contributed by atoms with Crippen molar-refractivity contribution in [2.24, 2.45) is 0 Å². The lowest BCUT2D eigenvalue weighted by Crippen LogP contribution is -2.02. The molecule has 0 saturated carbocycles. The number of methoxy groups -OCH3 is 3. The molecule has 0 N–H and O–H groups in total. The molecule has 4 nitrogen and oxygen atoms in total. The average molecular weight is 385 g/mol. The van der Waals surface area contributed by atoms with E-state index in [4.69, 9.17) is 14.2 Å². The van der Waals surface area contributed by atoms with E-state index in [-0.39, 0.29) is 0 Å². The van der Waals surface area contributed by atoms with Gasteiger partial charge < -0.3 is 18.8 Å². The van der Waals surface area contributed by atoms with E-state index in [0.717, 1.165) is 33.4 Å². The van der Waals surface area contributed by atoms with Gasteiger partial charge in [-0.15, -0.1) is 0 Å². The second-order valence-electron chi connectivity index (χ2n) is 6.65. The van der Waals surface area contributed by atoms with Crippen molar-refractivity contribution in [3.8, 4) is 28.5 Å². The second kappa shape index (κ2) is 7.76. The van der Waals surface area contributed by atoms with E-state index >= 15 is 0 Å². The summed E-state index contributed by atoms with van der Waals surface area (Å²) in [6, 6.07) is 24.6. The molecule has 4 rings (SSSR count). The van der Waals surface area contributed by atoms with Gasteiger partial charge in [-0.05, 0) is 29.8 Å². The lowest BCUT2D eigenvalue weighted by molar-refractivity contribution is 0.324. The van der Waals surface area contributed by atoms with Crippen LogP contribution in [0.15, 0.2) is 79.4 Å². The fourth-order valence-electron chi connectivity index (χ4n) is 3.64. The molecule has 1 aromatic heterocycles. The number of hydrogen-bond donors (Lipinski definition) is 0. The van der Waals surface area contributed by atoms with E-state index in [0.29, 0.717) is 17.2 Å². The van der Waals surface area contributed by atoms with Gasteiger partial charge in [-0.25, -0.2) is 0 Å². The molecule has 0 saturated heterocycles. The normalized spacial score (nSPS) is 10.7. The van der Waals surface area contributed by atoms with Crippen molar-refractivity contribution in [2.75, 3.05) is 21.3 Å². The van der Waals surface area contributed by atoms with E-state index in [1.54, 1.807) is 21.3 Å². The third kappa shape index (κ3) is 3.23. The topological polar surface area (TPSA) is 32.6 Å². The standard InChI is InChI=1S/C25H23NO3/c1-17(20-15-23(27-2)25(29-4)24(16-20)28-3)26-21-13-9-8-12-19(21)14-22(26)18-10-6-5-7-11-18/h5-16H,1H2,2-4H3. The molecule has 0 unspecified atom stereocenters. The Morgan fingerprint density at radius 1 is 0.759 bits per heavy atom. The van der Waals surface area contributed by atoms with Gasteiger partial charge in [0.2, 0.25) is 5.75 Å². The molecule has 0 fully saturated rings. The summed E-state index contributed by atoms with van der Waals surface area (Å²) in [6.07, 6.45) is 0. The van der Waals surface area contributed by atoms with Gasteiger partial charge in [0.15, 0.2) is 11.5 Å². The maximum absolute atomic E-state index is 5.53. The number of fused-ring (bicyclic) bond motifs is 1. The highest BCUT2D eigenvalue weighted by atomic mass is 16.5. The molecule has 146 valence electrons. The quantitative estimate of drug-likeness (QED) is 0.417. The van der Waals surface area contributed by atoms with E-state index < -0.39 is 0 Å². The van der Waals surface area contributed by atoms with E-state index in [2.05, 4.69) is 41.5 Å². The van der Waals surface area contributed by atoms with Crippen LogP contribution in [0.3, 0.4) is 0 Å². The zero-order valence-corrected chi connectivity index (χ0v) is 16.8. The minimum Gasteiger partial charge on any atom is -0.493 e. The van der Waals surface area contributed by atoms with Crippen molar-refractivity contribution >= 4 is 16.6 Å². The van der Waals surface area contributed by atoms with Crippen molar-refractivity contribution in [3.63, 3.8) is 0 Å². The molecule has 0 aliphatic heterocycles. The molecule has 0 aliphatic carbocycles. The van der Waals surface area contributed by atoms with Crippen LogP contribution in [-0.2, 0) is 0 Å². The number of ether oxygens (including phenoxy) is 3. The van der Waals surface area contributed by atoms with Crippen molar-refractivity contribution in [2.45, 2.75) is 0 Å². The number of rotatable bonds is 6. The summed E-state index contributed by atoms with van der Waals surface area (Å²) in [5, 5.41) is 1.15. The minimum absolute atomic E-state index is 0.562. The summed E-state index contributed by atoms with van der Waals surface area (Å²) in [6.45, 7) is 4.42. The maximum Gasteiger partial charge on any atom is 0.203 e. The summed E-state index contributed by atoms with van der Waals surface area (Å²) >= 11 is 0. The average Bonchev–Trinajstić information content (AvgIpc) is 3.17. The Morgan fingerprint density at radius 3 is 2.00 bits per heavy atom. The molecule has 4 aromatic rings. The van der Waals surface area contributed by atoms with Gasteiger partial charge in [0.1, 0.15) is 0 Å². The maximum atomic E-state index is 5.53. The Hall–Kier alpha value is -3.66. The molecular weight excluding hydrogens is 362 g/mol. The Bertz CT molecular complexity index is 1150. The van der Waals surface area contributed by atoms with Crippen LogP contribution in [0, 0.1) is 0 Å². The molecule has 0 atom stereocenters. The fraction of sp³-hybridized carbons (Fsp3) is 0.120. The van der Waals surface area contributed by atoms with Gasteiger partial charge in [-0.2, -0.15) is 0 Å². The van der Waals surface area contributed by atoms with Crippen LogP contribution < -0.4 is 14.2 Å². The van der Waals surface area contributed by atoms with Gasteiger partial charge in [0.05, 0.1) is 32.5 Å². The lowest BCUT2D eigenvalue weighted by Gasteiger charge is -2.18. The summed E-state index contributed by atoms with van der Waals surface area (Å²) < 4.78 is 18.7.